The van der Waals surface area contributed by atoms with Crippen LogP contribution in [0.2, 0.25) is 5.02 Å². The number of hydrogen-bond acceptors (Lipinski definition) is 6. The number of likely N-dealkylation sites (tertiary alicyclic amines) is 1. The number of hydrogen-bond donors (Lipinski definition) is 2. The molecule has 3 aromatic carbocycles. The van der Waals surface area contributed by atoms with Crippen LogP contribution in [-0.2, 0) is 11.3 Å². The Balaban J connectivity index is 1.32. The number of carbonyl (C=O) groups is 2. The molecule has 0 radical (unpaired) electrons. The molecule has 244 valence electrons. The van der Waals surface area contributed by atoms with Gasteiger partial charge in [-0.2, -0.15) is 5.26 Å². The Hall–Kier alpha value is -4.58. The van der Waals surface area contributed by atoms with Gasteiger partial charge in [-0.05, 0) is 94.6 Å². The summed E-state index contributed by atoms with van der Waals surface area (Å²) in [5.74, 6) is 0.955. The maximum atomic E-state index is 13.8. The number of carbonyl (C=O) groups excluding carboxylic acids is 2. The third-order valence-corrected chi connectivity index (χ3v) is 8.70. The zero-order chi connectivity index (χ0) is 33.7. The molecule has 5 rings (SSSR count). The maximum absolute atomic E-state index is 13.8. The van der Waals surface area contributed by atoms with Crippen LogP contribution >= 0.6 is 11.6 Å². The molecule has 0 aliphatic carbocycles. The summed E-state index contributed by atoms with van der Waals surface area (Å²) in [7, 11) is 0. The molecule has 3 unspecified atom stereocenters. The predicted molar refractivity (Wildman–Crippen MR) is 183 cm³/mol. The molecule has 0 saturated carbocycles. The SMILES string of the molecule is Cc1ccc(C(C)NCc2ccc(-c3ccc(Cl)c(C(=O)NC4CN(C(=O)OC(C)(C)C)CCC4c4ccc(C#N)cc4)c3)o2)cc1. The predicted octanol–water partition coefficient (Wildman–Crippen LogP) is 8.15. The third kappa shape index (κ3) is 8.62. The van der Waals surface area contributed by atoms with Crippen LogP contribution < -0.4 is 10.6 Å². The summed E-state index contributed by atoms with van der Waals surface area (Å²) in [4.78, 5) is 28.4. The maximum Gasteiger partial charge on any atom is 0.410 e. The molecule has 3 atom stereocenters. The van der Waals surface area contributed by atoms with Gasteiger partial charge in [-0.25, -0.2) is 4.79 Å². The Bertz CT molecular complexity index is 1750. The van der Waals surface area contributed by atoms with Crippen molar-refractivity contribution in [3.05, 3.63) is 117 Å². The number of amides is 2. The summed E-state index contributed by atoms with van der Waals surface area (Å²) in [6, 6.07) is 26.7. The molecule has 2 heterocycles. The molecule has 8 nitrogen and oxygen atoms in total. The van der Waals surface area contributed by atoms with E-state index in [1.54, 1.807) is 29.2 Å². The van der Waals surface area contributed by atoms with Crippen LogP contribution in [0.3, 0.4) is 0 Å². The summed E-state index contributed by atoms with van der Waals surface area (Å²) >= 11 is 6.58. The molecule has 1 saturated heterocycles. The molecular formula is C38H41ClN4O4. The molecular weight excluding hydrogens is 612 g/mol. The van der Waals surface area contributed by atoms with Crippen LogP contribution in [0.15, 0.2) is 83.3 Å². The lowest BCUT2D eigenvalue weighted by Gasteiger charge is -2.39. The van der Waals surface area contributed by atoms with Crippen LogP contribution in [-0.4, -0.2) is 41.6 Å². The monoisotopic (exact) mass is 652 g/mol. The second-order valence-corrected chi connectivity index (χ2v) is 13.5. The number of rotatable bonds is 8. The van der Waals surface area contributed by atoms with Crippen molar-refractivity contribution in [2.45, 2.75) is 71.2 Å². The first-order valence-electron chi connectivity index (χ1n) is 15.9. The first-order valence-corrected chi connectivity index (χ1v) is 16.3. The molecule has 9 heteroatoms. The lowest BCUT2D eigenvalue weighted by molar-refractivity contribution is 0.0169. The fourth-order valence-corrected chi connectivity index (χ4v) is 5.95. The average Bonchev–Trinajstić information content (AvgIpc) is 3.52. The van der Waals surface area contributed by atoms with Gasteiger partial charge >= 0.3 is 6.09 Å². The minimum absolute atomic E-state index is 0.0882. The number of nitriles is 1. The van der Waals surface area contributed by atoms with Gasteiger partial charge in [-0.1, -0.05) is 53.6 Å². The van der Waals surface area contributed by atoms with Crippen molar-refractivity contribution in [1.29, 1.82) is 5.26 Å². The summed E-state index contributed by atoms with van der Waals surface area (Å²) in [6.45, 7) is 10.9. The molecule has 0 bridgehead atoms. The molecule has 1 aliphatic heterocycles. The summed E-state index contributed by atoms with van der Waals surface area (Å²) < 4.78 is 11.8. The molecule has 2 N–H and O–H groups in total. The van der Waals surface area contributed by atoms with E-state index in [0.29, 0.717) is 41.4 Å². The minimum atomic E-state index is -0.644. The normalized spacial score (nSPS) is 17.1. The number of halogens is 1. The highest BCUT2D eigenvalue weighted by molar-refractivity contribution is 6.34. The third-order valence-electron chi connectivity index (χ3n) is 8.37. The van der Waals surface area contributed by atoms with Crippen LogP contribution in [0.4, 0.5) is 4.79 Å². The van der Waals surface area contributed by atoms with E-state index in [9.17, 15) is 14.9 Å². The Morgan fingerprint density at radius 3 is 2.47 bits per heavy atom. The van der Waals surface area contributed by atoms with Crippen LogP contribution in [0, 0.1) is 18.3 Å². The lowest BCUT2D eigenvalue weighted by atomic mass is 9.84. The van der Waals surface area contributed by atoms with Crippen LogP contribution in [0.25, 0.3) is 11.3 Å². The van der Waals surface area contributed by atoms with Gasteiger partial charge in [0.1, 0.15) is 17.1 Å². The van der Waals surface area contributed by atoms with Gasteiger partial charge < -0.3 is 24.7 Å². The van der Waals surface area contributed by atoms with Crippen molar-refractivity contribution in [3.63, 3.8) is 0 Å². The Morgan fingerprint density at radius 2 is 1.79 bits per heavy atom. The summed E-state index contributed by atoms with van der Waals surface area (Å²) in [5.41, 5.74) is 4.34. The van der Waals surface area contributed by atoms with Crippen molar-refractivity contribution in [1.82, 2.24) is 15.5 Å². The number of piperidine rings is 1. The van der Waals surface area contributed by atoms with Gasteiger partial charge in [0.25, 0.3) is 5.91 Å². The van der Waals surface area contributed by atoms with E-state index in [1.165, 1.54) is 11.1 Å². The fourth-order valence-electron chi connectivity index (χ4n) is 5.75. The van der Waals surface area contributed by atoms with E-state index in [-0.39, 0.29) is 24.4 Å². The number of nitrogens with zero attached hydrogens (tertiary/aromatic N) is 2. The highest BCUT2D eigenvalue weighted by Crippen LogP contribution is 2.32. The van der Waals surface area contributed by atoms with Crippen molar-refractivity contribution in [2.75, 3.05) is 13.1 Å². The molecule has 1 aliphatic rings. The standard InChI is InChI=1S/C38H41ClN4O4/c1-24-6-10-27(11-7-24)25(2)41-22-30-15-17-35(46-30)29-14-16-33(39)32(20-29)36(44)42-34-23-43(37(45)47-38(3,4)5)19-18-31(34)28-12-8-26(21-40)9-13-28/h6-17,20,25,31,34,41H,18-19,22-23H2,1-5H3,(H,42,44). The highest BCUT2D eigenvalue weighted by atomic mass is 35.5. The van der Waals surface area contributed by atoms with Crippen molar-refractivity contribution < 1.29 is 18.7 Å². The van der Waals surface area contributed by atoms with Gasteiger partial charge in [0, 0.05) is 30.6 Å². The van der Waals surface area contributed by atoms with Gasteiger partial charge in [-0.3, -0.25) is 4.79 Å². The van der Waals surface area contributed by atoms with Crippen LogP contribution in [0.5, 0.6) is 0 Å². The Labute approximate surface area is 281 Å². The smallest absolute Gasteiger partial charge is 0.410 e. The van der Waals surface area contributed by atoms with E-state index in [0.717, 1.165) is 16.9 Å². The van der Waals surface area contributed by atoms with E-state index < -0.39 is 17.7 Å². The van der Waals surface area contributed by atoms with Crippen molar-refractivity contribution in [2.24, 2.45) is 0 Å². The number of nitrogens with one attached hydrogen (secondary N) is 2. The molecule has 1 fully saturated rings. The number of furan rings is 1. The Kier molecular flexibility index (Phi) is 10.4. The zero-order valence-electron chi connectivity index (χ0n) is 27.5. The second kappa shape index (κ2) is 14.5. The fraction of sp³-hybridized carbons (Fsp3) is 0.342. The van der Waals surface area contributed by atoms with Gasteiger partial charge in [0.05, 0.1) is 34.8 Å². The van der Waals surface area contributed by atoms with E-state index in [1.807, 2.05) is 51.1 Å². The van der Waals surface area contributed by atoms with Crippen molar-refractivity contribution in [3.8, 4) is 17.4 Å². The first kappa shape index (κ1) is 33.8. The lowest BCUT2D eigenvalue weighted by Crippen LogP contribution is -2.54. The minimum Gasteiger partial charge on any atom is -0.460 e. The summed E-state index contributed by atoms with van der Waals surface area (Å²) in [6.07, 6.45) is 0.182. The quantitative estimate of drug-likeness (QED) is 0.199. The molecule has 0 spiro atoms. The van der Waals surface area contributed by atoms with E-state index in [4.69, 9.17) is 20.8 Å². The largest absolute Gasteiger partial charge is 0.460 e. The van der Waals surface area contributed by atoms with E-state index in [2.05, 4.69) is 54.8 Å². The van der Waals surface area contributed by atoms with Gasteiger partial charge in [-0.15, -0.1) is 0 Å². The Morgan fingerprint density at radius 1 is 1.06 bits per heavy atom. The van der Waals surface area contributed by atoms with Gasteiger partial charge in [0.15, 0.2) is 0 Å². The summed E-state index contributed by atoms with van der Waals surface area (Å²) in [5, 5.41) is 16.2. The molecule has 1 aromatic heterocycles. The molecule has 47 heavy (non-hydrogen) atoms. The van der Waals surface area contributed by atoms with Crippen molar-refractivity contribution >= 4 is 23.6 Å². The zero-order valence-corrected chi connectivity index (χ0v) is 28.2. The second-order valence-electron chi connectivity index (χ2n) is 13.1. The number of ether oxygens (including phenoxy) is 1. The topological polar surface area (TPSA) is 108 Å². The molecule has 2 amide bonds. The van der Waals surface area contributed by atoms with E-state index >= 15 is 0 Å². The first-order chi connectivity index (χ1) is 22.4. The number of benzene rings is 3. The van der Waals surface area contributed by atoms with Crippen LogP contribution in [0.1, 0.15) is 84.4 Å². The molecule has 4 aromatic rings. The highest BCUT2D eigenvalue weighted by Gasteiger charge is 2.35. The van der Waals surface area contributed by atoms with Gasteiger partial charge in [0.2, 0.25) is 0 Å². The average molecular weight is 653 g/mol. The number of aryl methyl sites for hydroxylation is 1.